The molecule has 0 bridgehead atoms. The van der Waals surface area contributed by atoms with Gasteiger partial charge in [0.15, 0.2) is 0 Å². The third-order valence-electron chi connectivity index (χ3n) is 4.54. The molecule has 0 nitrogen and oxygen atoms in total. The summed E-state index contributed by atoms with van der Waals surface area (Å²) in [6.07, 6.45) is 13.7. The number of fused-ring (bicyclic) bond motifs is 1. The van der Waals surface area contributed by atoms with Gasteiger partial charge in [0.2, 0.25) is 0 Å². The first kappa shape index (κ1) is 24.4. The average Bonchev–Trinajstić information content (AvgIpc) is 3.14. The molecule has 0 fully saturated rings. The van der Waals surface area contributed by atoms with Gasteiger partial charge in [0.05, 0.1) is 0 Å². The summed E-state index contributed by atoms with van der Waals surface area (Å²) in [5.74, 6) is 1.61. The largest absolute Gasteiger partial charge is 1.00 e. The van der Waals surface area contributed by atoms with E-state index in [9.17, 15) is 0 Å². The Balaban J connectivity index is 0.00000169. The Morgan fingerprint density at radius 3 is 2.27 bits per heavy atom. The molecule has 4 heteroatoms. The topological polar surface area (TPSA) is 0 Å². The number of hydrogen-bond acceptors (Lipinski definition) is 0. The molecule has 0 heterocycles. The minimum atomic E-state index is -0.585. The average molecular weight is 487 g/mol. The van der Waals surface area contributed by atoms with E-state index in [1.165, 1.54) is 24.3 Å². The fraction of sp³-hybridized carbons (Fsp3) is 0.455. The molecule has 0 saturated heterocycles. The third kappa shape index (κ3) is 6.17. The van der Waals surface area contributed by atoms with Crippen molar-refractivity contribution in [2.45, 2.75) is 37.7 Å². The minimum Gasteiger partial charge on any atom is -1.00 e. The SMILES string of the molecule is CC(C)CP(CC(C)C)C1=Cc2ccccc2[CH]1[Zr+2][C]1=CC=CC1.[Cl-].[Cl-]. The molecule has 3 rings (SSSR count). The molecule has 1 atom stereocenters. The Morgan fingerprint density at radius 1 is 1.04 bits per heavy atom. The predicted molar refractivity (Wildman–Crippen MR) is 105 cm³/mol. The van der Waals surface area contributed by atoms with Gasteiger partial charge >= 0.3 is 161 Å². The van der Waals surface area contributed by atoms with Gasteiger partial charge in [-0.25, -0.2) is 0 Å². The van der Waals surface area contributed by atoms with Crippen LogP contribution in [0.4, 0.5) is 0 Å². The second-order valence-corrected chi connectivity index (χ2v) is 13.8. The van der Waals surface area contributed by atoms with Crippen LogP contribution in [0.25, 0.3) is 6.08 Å². The smallest absolute Gasteiger partial charge is 1.00 e. The summed E-state index contributed by atoms with van der Waals surface area (Å²) in [5, 5.41) is 1.84. The fourth-order valence-corrected chi connectivity index (χ4v) is 12.1. The van der Waals surface area contributed by atoms with Crippen LogP contribution in [0.5, 0.6) is 0 Å². The Bertz CT molecular complexity index is 666. The first-order valence-corrected chi connectivity index (χ1v) is 13.6. The standard InChI is InChI=1S/C17H24P.C5H5.2ClH.Zr/c1-13(2)11-18(12-14(3)4)17-9-15-7-5-6-8-16(15)10-17;1-2-4-5-3-1;;;/h5-10,13-14H,11-12H2,1-4H3;1-3H,4H2;2*1H;/q;;;;+2/p-2. The van der Waals surface area contributed by atoms with Crippen molar-refractivity contribution in [1.82, 2.24) is 0 Å². The third-order valence-corrected chi connectivity index (χ3v) is 12.7. The molecule has 2 aliphatic carbocycles. The van der Waals surface area contributed by atoms with Crippen molar-refractivity contribution < 1.29 is 48.0 Å². The molecule has 1 unspecified atom stereocenters. The molecular weight excluding hydrogens is 457 g/mol. The second-order valence-electron chi connectivity index (χ2n) is 7.79. The molecule has 2 aliphatic rings. The van der Waals surface area contributed by atoms with Crippen LogP contribution >= 0.6 is 7.92 Å². The van der Waals surface area contributed by atoms with E-state index in [2.05, 4.69) is 76.3 Å². The molecule has 0 spiro atoms. The van der Waals surface area contributed by atoms with E-state index < -0.39 is 23.2 Å². The summed E-state index contributed by atoms with van der Waals surface area (Å²) in [4.78, 5) is 0. The van der Waals surface area contributed by atoms with E-state index >= 15 is 0 Å². The molecule has 1 aromatic rings. The molecule has 0 saturated carbocycles. The van der Waals surface area contributed by atoms with Crippen LogP contribution in [0.2, 0.25) is 0 Å². The van der Waals surface area contributed by atoms with Crippen LogP contribution in [0.1, 0.15) is 48.9 Å². The Labute approximate surface area is 185 Å². The first-order valence-electron chi connectivity index (χ1n) is 9.22. The van der Waals surface area contributed by atoms with Crippen molar-refractivity contribution in [1.29, 1.82) is 0 Å². The van der Waals surface area contributed by atoms with E-state index in [0.29, 0.717) is 0 Å². The fourth-order valence-electron chi connectivity index (χ4n) is 3.64. The molecule has 26 heavy (non-hydrogen) atoms. The van der Waals surface area contributed by atoms with Gasteiger partial charge in [-0.15, -0.1) is 0 Å². The van der Waals surface area contributed by atoms with Crippen LogP contribution in [-0.2, 0) is 23.2 Å². The van der Waals surface area contributed by atoms with Gasteiger partial charge < -0.3 is 24.8 Å². The van der Waals surface area contributed by atoms with Crippen molar-refractivity contribution in [3.05, 3.63) is 62.2 Å². The number of benzene rings is 1. The van der Waals surface area contributed by atoms with Crippen LogP contribution < -0.4 is 24.8 Å². The Morgan fingerprint density at radius 2 is 1.69 bits per heavy atom. The van der Waals surface area contributed by atoms with E-state index in [0.717, 1.165) is 15.5 Å². The van der Waals surface area contributed by atoms with E-state index in [1.807, 2.05) is 5.31 Å². The van der Waals surface area contributed by atoms with Crippen LogP contribution in [0.3, 0.4) is 0 Å². The summed E-state index contributed by atoms with van der Waals surface area (Å²) in [6, 6.07) is 9.21. The molecule has 140 valence electrons. The normalized spacial score (nSPS) is 17.6. The first-order chi connectivity index (χ1) is 11.5. The van der Waals surface area contributed by atoms with Crippen molar-refractivity contribution in [3.63, 3.8) is 0 Å². The van der Waals surface area contributed by atoms with Crippen LogP contribution in [0.15, 0.2) is 51.1 Å². The van der Waals surface area contributed by atoms with Gasteiger partial charge in [-0.1, -0.05) is 0 Å². The molecule has 0 N–H and O–H groups in total. The van der Waals surface area contributed by atoms with E-state index in [4.69, 9.17) is 0 Å². The van der Waals surface area contributed by atoms with Crippen molar-refractivity contribution in [2.75, 3.05) is 12.3 Å². The number of halogens is 2. The molecule has 0 radical (unpaired) electrons. The number of rotatable bonds is 7. The summed E-state index contributed by atoms with van der Waals surface area (Å²) in [5.41, 5.74) is 3.16. The van der Waals surface area contributed by atoms with Gasteiger partial charge in [-0.3, -0.25) is 0 Å². The van der Waals surface area contributed by atoms with Gasteiger partial charge in [0.1, 0.15) is 0 Å². The monoisotopic (exact) mass is 484 g/mol. The second kappa shape index (κ2) is 11.4. The van der Waals surface area contributed by atoms with Gasteiger partial charge in [0, 0.05) is 0 Å². The van der Waals surface area contributed by atoms with Gasteiger partial charge in [0.25, 0.3) is 0 Å². The zero-order chi connectivity index (χ0) is 17.1. The van der Waals surface area contributed by atoms with Crippen molar-refractivity contribution in [2.24, 2.45) is 11.8 Å². The minimum absolute atomic E-state index is 0. The summed E-state index contributed by atoms with van der Waals surface area (Å²) in [7, 11) is 0.00942. The number of hydrogen-bond donors (Lipinski definition) is 0. The van der Waals surface area contributed by atoms with Crippen LogP contribution in [-0.4, -0.2) is 12.3 Å². The maximum absolute atomic E-state index is 2.60. The molecular formula is C22H29Cl2PZr. The number of allylic oxidation sites excluding steroid dienone is 5. The van der Waals surface area contributed by atoms with Gasteiger partial charge in [-0.2, -0.15) is 0 Å². The zero-order valence-electron chi connectivity index (χ0n) is 16.2. The zero-order valence-corrected chi connectivity index (χ0v) is 21.0. The van der Waals surface area contributed by atoms with E-state index in [1.54, 1.807) is 8.84 Å². The van der Waals surface area contributed by atoms with Crippen LogP contribution in [0, 0.1) is 11.8 Å². The molecule has 0 aliphatic heterocycles. The Hall–Kier alpha value is 0.333. The van der Waals surface area contributed by atoms with Crippen molar-refractivity contribution >= 4 is 14.0 Å². The maximum atomic E-state index is 2.60. The molecule has 0 amide bonds. The molecule has 0 aromatic heterocycles. The van der Waals surface area contributed by atoms with Gasteiger partial charge in [-0.05, 0) is 0 Å². The predicted octanol–water partition coefficient (Wildman–Crippen LogP) is 0.810. The molecule has 1 aromatic carbocycles. The maximum Gasteiger partial charge on any atom is -1.00 e. The van der Waals surface area contributed by atoms with Crippen molar-refractivity contribution in [3.8, 4) is 0 Å². The summed E-state index contributed by atoms with van der Waals surface area (Å²) >= 11 is -0.585. The quantitative estimate of drug-likeness (QED) is 0.501. The Kier molecular flexibility index (Phi) is 10.7. The summed E-state index contributed by atoms with van der Waals surface area (Å²) in [6.45, 7) is 9.60. The van der Waals surface area contributed by atoms with E-state index in [-0.39, 0.29) is 32.7 Å². The summed E-state index contributed by atoms with van der Waals surface area (Å²) < 4.78 is 2.56.